The van der Waals surface area contributed by atoms with E-state index in [4.69, 9.17) is 0 Å². The highest BCUT2D eigenvalue weighted by Crippen LogP contribution is 2.26. The number of carbonyl (C=O) groups is 2. The SMILES string of the molecule is CC(C)CC(C#N)NC(=O)C1CCCCC1NC(=O)c1ccc2n[nH]c(C#CCN(C)C)c2c1. The molecule has 34 heavy (non-hydrogen) atoms. The summed E-state index contributed by atoms with van der Waals surface area (Å²) in [5.74, 6) is 5.76. The molecule has 2 amide bonds. The predicted molar refractivity (Wildman–Crippen MR) is 132 cm³/mol. The summed E-state index contributed by atoms with van der Waals surface area (Å²) in [5, 5.41) is 23.4. The first-order chi connectivity index (χ1) is 16.3. The molecule has 1 fully saturated rings. The van der Waals surface area contributed by atoms with Gasteiger partial charge in [0.1, 0.15) is 11.7 Å². The molecule has 3 N–H and O–H groups in total. The van der Waals surface area contributed by atoms with E-state index in [0.29, 0.717) is 36.6 Å². The lowest BCUT2D eigenvalue weighted by molar-refractivity contribution is -0.127. The Bertz CT molecular complexity index is 1120. The lowest BCUT2D eigenvalue weighted by atomic mass is 9.83. The van der Waals surface area contributed by atoms with Gasteiger partial charge in [0.25, 0.3) is 5.91 Å². The van der Waals surface area contributed by atoms with E-state index in [9.17, 15) is 14.9 Å². The fraction of sp³-hybridized carbons (Fsp3) is 0.538. The van der Waals surface area contributed by atoms with Crippen molar-refractivity contribution in [2.45, 2.75) is 58.0 Å². The van der Waals surface area contributed by atoms with Crippen LogP contribution >= 0.6 is 0 Å². The molecule has 0 aliphatic heterocycles. The summed E-state index contributed by atoms with van der Waals surface area (Å²) < 4.78 is 0. The number of aromatic amines is 1. The van der Waals surface area contributed by atoms with Gasteiger partial charge in [-0.2, -0.15) is 10.4 Å². The molecule has 8 heteroatoms. The van der Waals surface area contributed by atoms with E-state index < -0.39 is 6.04 Å². The van der Waals surface area contributed by atoms with Crippen molar-refractivity contribution in [3.63, 3.8) is 0 Å². The fourth-order valence-corrected chi connectivity index (χ4v) is 4.30. The smallest absolute Gasteiger partial charge is 0.251 e. The van der Waals surface area contributed by atoms with Crippen LogP contribution in [0.1, 0.15) is 62.0 Å². The molecule has 3 atom stereocenters. The molecule has 3 unspecified atom stereocenters. The molecule has 1 aliphatic carbocycles. The number of carbonyl (C=O) groups excluding carboxylic acids is 2. The van der Waals surface area contributed by atoms with Crippen LogP contribution in [0.15, 0.2) is 18.2 Å². The van der Waals surface area contributed by atoms with Gasteiger partial charge in [-0.05, 0) is 63.4 Å². The minimum atomic E-state index is -0.513. The molecule has 0 bridgehead atoms. The van der Waals surface area contributed by atoms with E-state index in [0.717, 1.165) is 30.2 Å². The molecule has 180 valence electrons. The second kappa shape index (κ2) is 11.7. The number of benzene rings is 1. The van der Waals surface area contributed by atoms with Crippen LogP contribution < -0.4 is 10.6 Å². The number of hydrogen-bond acceptors (Lipinski definition) is 5. The van der Waals surface area contributed by atoms with Crippen molar-refractivity contribution >= 4 is 22.7 Å². The summed E-state index contributed by atoms with van der Waals surface area (Å²) in [6.07, 6.45) is 3.93. The van der Waals surface area contributed by atoms with E-state index in [1.54, 1.807) is 18.2 Å². The Balaban J connectivity index is 1.73. The topological polar surface area (TPSA) is 114 Å². The van der Waals surface area contributed by atoms with E-state index in [1.807, 2.05) is 32.8 Å². The maximum absolute atomic E-state index is 13.1. The number of amides is 2. The Hall–Kier alpha value is -3.36. The Morgan fingerprint density at radius 3 is 2.74 bits per heavy atom. The first-order valence-electron chi connectivity index (χ1n) is 11.9. The number of aromatic nitrogens is 2. The number of nitrogens with zero attached hydrogens (tertiary/aromatic N) is 3. The van der Waals surface area contributed by atoms with Crippen LogP contribution in [-0.4, -0.2) is 59.6 Å². The molecule has 8 nitrogen and oxygen atoms in total. The third-order valence-corrected chi connectivity index (χ3v) is 6.02. The number of hydrogen-bond donors (Lipinski definition) is 3. The predicted octanol–water partition coefficient (Wildman–Crippen LogP) is 2.82. The van der Waals surface area contributed by atoms with Crippen molar-refractivity contribution in [3.8, 4) is 17.9 Å². The first-order valence-corrected chi connectivity index (χ1v) is 11.9. The molecule has 0 saturated heterocycles. The molecular formula is C26H34N6O2. The van der Waals surface area contributed by atoms with Crippen molar-refractivity contribution in [1.29, 1.82) is 5.26 Å². The van der Waals surface area contributed by atoms with E-state index in [1.165, 1.54) is 0 Å². The Kier molecular flexibility index (Phi) is 8.67. The van der Waals surface area contributed by atoms with E-state index in [2.05, 4.69) is 38.7 Å². The maximum Gasteiger partial charge on any atom is 0.251 e. The summed E-state index contributed by atoms with van der Waals surface area (Å²) in [6, 6.07) is 6.73. The van der Waals surface area contributed by atoms with Gasteiger partial charge in [0, 0.05) is 17.0 Å². The quantitative estimate of drug-likeness (QED) is 0.548. The monoisotopic (exact) mass is 462 g/mol. The van der Waals surface area contributed by atoms with Crippen molar-refractivity contribution < 1.29 is 9.59 Å². The van der Waals surface area contributed by atoms with E-state index in [-0.39, 0.29) is 23.8 Å². The zero-order valence-electron chi connectivity index (χ0n) is 20.4. The van der Waals surface area contributed by atoms with Gasteiger partial charge < -0.3 is 10.6 Å². The second-order valence-corrected chi connectivity index (χ2v) is 9.66. The van der Waals surface area contributed by atoms with Crippen molar-refractivity contribution in [2.75, 3.05) is 20.6 Å². The third-order valence-electron chi connectivity index (χ3n) is 6.02. The molecular weight excluding hydrogens is 428 g/mol. The molecule has 1 aromatic carbocycles. The molecule has 0 spiro atoms. The Labute approximate surface area is 201 Å². The average molecular weight is 463 g/mol. The average Bonchev–Trinajstić information content (AvgIpc) is 3.20. The van der Waals surface area contributed by atoms with Crippen LogP contribution in [0.3, 0.4) is 0 Å². The number of fused-ring (bicyclic) bond motifs is 1. The molecule has 3 rings (SSSR count). The highest BCUT2D eigenvalue weighted by atomic mass is 16.2. The molecule has 2 aromatic rings. The lowest BCUT2D eigenvalue weighted by Gasteiger charge is -2.32. The van der Waals surface area contributed by atoms with Crippen LogP contribution in [0, 0.1) is 35.0 Å². The third kappa shape index (κ3) is 6.59. The molecule has 1 heterocycles. The van der Waals surface area contributed by atoms with Crippen LogP contribution in [0.2, 0.25) is 0 Å². The van der Waals surface area contributed by atoms with Crippen LogP contribution in [0.25, 0.3) is 10.9 Å². The summed E-state index contributed by atoms with van der Waals surface area (Å²) in [5.41, 5.74) is 1.92. The minimum absolute atomic E-state index is 0.152. The van der Waals surface area contributed by atoms with Crippen molar-refractivity contribution in [2.24, 2.45) is 11.8 Å². The van der Waals surface area contributed by atoms with Gasteiger partial charge >= 0.3 is 0 Å². The van der Waals surface area contributed by atoms with E-state index >= 15 is 0 Å². The second-order valence-electron chi connectivity index (χ2n) is 9.66. The van der Waals surface area contributed by atoms with Crippen LogP contribution in [0.5, 0.6) is 0 Å². The molecule has 1 saturated carbocycles. The molecule has 1 aliphatic rings. The zero-order valence-corrected chi connectivity index (χ0v) is 20.4. The van der Waals surface area contributed by atoms with Crippen molar-refractivity contribution in [3.05, 3.63) is 29.5 Å². The summed E-state index contributed by atoms with van der Waals surface area (Å²) in [6.45, 7) is 4.67. The lowest BCUT2D eigenvalue weighted by Crippen LogP contribution is -2.50. The van der Waals surface area contributed by atoms with Crippen LogP contribution in [0.4, 0.5) is 0 Å². The zero-order chi connectivity index (χ0) is 24.7. The van der Waals surface area contributed by atoms with Gasteiger partial charge in [-0.25, -0.2) is 0 Å². The fourth-order valence-electron chi connectivity index (χ4n) is 4.30. The normalized spacial score (nSPS) is 18.7. The van der Waals surface area contributed by atoms with Gasteiger partial charge in [0.2, 0.25) is 5.91 Å². The number of rotatable bonds is 7. The van der Waals surface area contributed by atoms with Crippen LogP contribution in [-0.2, 0) is 4.79 Å². The highest BCUT2D eigenvalue weighted by molar-refractivity contribution is 5.99. The van der Waals surface area contributed by atoms with Gasteiger partial charge in [0.05, 0.1) is 24.0 Å². The summed E-state index contributed by atoms with van der Waals surface area (Å²) >= 11 is 0. The number of H-pyrrole nitrogens is 1. The van der Waals surface area contributed by atoms with Gasteiger partial charge in [-0.1, -0.05) is 32.6 Å². The molecule has 1 aromatic heterocycles. The largest absolute Gasteiger partial charge is 0.349 e. The van der Waals surface area contributed by atoms with Gasteiger partial charge in [-0.3, -0.25) is 19.6 Å². The number of nitrogens with one attached hydrogen (secondary N) is 3. The number of nitriles is 1. The first kappa shape index (κ1) is 25.3. The Morgan fingerprint density at radius 1 is 1.26 bits per heavy atom. The Morgan fingerprint density at radius 2 is 2.03 bits per heavy atom. The summed E-state index contributed by atoms with van der Waals surface area (Å²) in [7, 11) is 3.90. The standard InChI is InChI=1S/C26H34N6O2/c1-17(2)14-19(16-27)28-26(34)20-8-5-6-9-22(20)29-25(33)18-11-12-24-21(15-18)23(30-31-24)10-7-13-32(3)4/h11-12,15,17,19-20,22H,5-6,8-9,13-14H2,1-4H3,(H,28,34)(H,29,33)(H,30,31). The highest BCUT2D eigenvalue weighted by Gasteiger charge is 2.33. The van der Waals surface area contributed by atoms with Gasteiger partial charge in [0.15, 0.2) is 0 Å². The minimum Gasteiger partial charge on any atom is -0.349 e. The maximum atomic E-state index is 13.1. The van der Waals surface area contributed by atoms with Crippen molar-refractivity contribution in [1.82, 2.24) is 25.7 Å². The summed E-state index contributed by atoms with van der Waals surface area (Å²) in [4.78, 5) is 28.1. The van der Waals surface area contributed by atoms with Gasteiger partial charge in [-0.15, -0.1) is 0 Å². The molecule has 0 radical (unpaired) electrons.